The maximum Gasteiger partial charge on any atom is 0.227 e. The molecular weight excluding hydrogens is 290 g/mol. The summed E-state index contributed by atoms with van der Waals surface area (Å²) in [6.45, 7) is 5.15. The van der Waals surface area contributed by atoms with Crippen molar-refractivity contribution in [2.45, 2.75) is 45.2 Å². The molecule has 23 heavy (non-hydrogen) atoms. The molecule has 120 valence electrons. The van der Waals surface area contributed by atoms with Crippen molar-refractivity contribution in [3.8, 4) is 18.1 Å². The average molecular weight is 311 g/mol. The Morgan fingerprint density at radius 1 is 1.39 bits per heavy atom. The Bertz CT molecular complexity index is 697. The molecule has 1 aromatic rings. The molecule has 0 bridgehead atoms. The van der Waals surface area contributed by atoms with Crippen molar-refractivity contribution >= 4 is 11.6 Å². The van der Waals surface area contributed by atoms with Crippen molar-refractivity contribution in [3.63, 3.8) is 0 Å². The molecule has 5 heteroatoms. The van der Waals surface area contributed by atoms with E-state index < -0.39 is 5.66 Å². The molecule has 0 N–H and O–H groups in total. The van der Waals surface area contributed by atoms with Gasteiger partial charge in [0.25, 0.3) is 0 Å². The largest absolute Gasteiger partial charge is 0.489 e. The number of ether oxygens (including phenoxy) is 1. The predicted octanol–water partition coefficient (Wildman–Crippen LogP) is 3.38. The Kier molecular flexibility index (Phi) is 4.08. The molecule has 0 aliphatic carbocycles. The van der Waals surface area contributed by atoms with Crippen molar-refractivity contribution < 1.29 is 9.53 Å². The molecule has 0 unspecified atom stereocenters. The van der Waals surface area contributed by atoms with E-state index in [1.807, 2.05) is 24.8 Å². The second-order valence-electron chi connectivity index (χ2n) is 6.21. The Morgan fingerprint density at radius 3 is 2.87 bits per heavy atom. The van der Waals surface area contributed by atoms with Crippen LogP contribution >= 0.6 is 0 Å². The third-order valence-corrected chi connectivity index (χ3v) is 4.34. The van der Waals surface area contributed by atoms with E-state index in [1.54, 1.807) is 0 Å². The van der Waals surface area contributed by atoms with Gasteiger partial charge in [-0.25, -0.2) is 0 Å². The molecule has 2 aliphatic heterocycles. The molecule has 1 amide bonds. The number of amides is 1. The van der Waals surface area contributed by atoms with Crippen molar-refractivity contribution in [2.75, 3.05) is 18.1 Å². The van der Waals surface area contributed by atoms with Crippen LogP contribution in [0.1, 0.15) is 36.8 Å². The van der Waals surface area contributed by atoms with E-state index in [0.29, 0.717) is 32.4 Å². The summed E-state index contributed by atoms with van der Waals surface area (Å²) in [7, 11) is 0. The van der Waals surface area contributed by atoms with Crippen LogP contribution < -0.4 is 9.64 Å². The number of anilines is 1. The lowest BCUT2D eigenvalue weighted by atomic mass is 10.0. The average Bonchev–Trinajstić information content (AvgIpc) is 3.30. The van der Waals surface area contributed by atoms with Crippen LogP contribution in [0.5, 0.6) is 5.75 Å². The van der Waals surface area contributed by atoms with E-state index in [1.165, 1.54) is 0 Å². The molecule has 2 aliphatic rings. The van der Waals surface area contributed by atoms with Crippen molar-refractivity contribution in [1.29, 1.82) is 0 Å². The van der Waals surface area contributed by atoms with Crippen LogP contribution in [-0.2, 0) is 4.79 Å². The second-order valence-corrected chi connectivity index (χ2v) is 6.21. The highest BCUT2D eigenvalue weighted by atomic mass is 16.5. The molecule has 0 spiro atoms. The van der Waals surface area contributed by atoms with Gasteiger partial charge < -0.3 is 9.64 Å². The van der Waals surface area contributed by atoms with Crippen LogP contribution in [0.4, 0.5) is 5.69 Å². The first kappa shape index (κ1) is 15.5. The number of hydrogen-bond donors (Lipinski definition) is 0. The van der Waals surface area contributed by atoms with E-state index in [2.05, 4.69) is 22.2 Å². The minimum atomic E-state index is -0.403. The summed E-state index contributed by atoms with van der Waals surface area (Å²) in [4.78, 5) is 14.5. The van der Waals surface area contributed by atoms with Crippen LogP contribution in [0.2, 0.25) is 0 Å². The number of aryl methyl sites for hydroxylation is 2. The number of benzene rings is 1. The first-order chi connectivity index (χ1) is 11.0. The molecule has 3 rings (SSSR count). The van der Waals surface area contributed by atoms with E-state index in [9.17, 15) is 4.79 Å². The quantitative estimate of drug-likeness (QED) is 0.783. The fourth-order valence-corrected chi connectivity index (χ4v) is 3.05. The summed E-state index contributed by atoms with van der Waals surface area (Å²) < 4.78 is 5.75. The molecule has 0 radical (unpaired) electrons. The van der Waals surface area contributed by atoms with Crippen LogP contribution in [0.15, 0.2) is 22.4 Å². The van der Waals surface area contributed by atoms with Crippen LogP contribution in [-0.4, -0.2) is 24.7 Å². The number of rotatable bonds is 5. The molecule has 2 heterocycles. The number of hydrogen-bond acceptors (Lipinski definition) is 4. The monoisotopic (exact) mass is 311 g/mol. The normalized spacial score (nSPS) is 17.2. The number of carbonyl (C=O) groups is 1. The van der Waals surface area contributed by atoms with Gasteiger partial charge in [0.15, 0.2) is 5.66 Å². The first-order valence-corrected chi connectivity index (χ1v) is 7.97. The predicted molar refractivity (Wildman–Crippen MR) is 88.7 cm³/mol. The van der Waals surface area contributed by atoms with E-state index >= 15 is 0 Å². The smallest absolute Gasteiger partial charge is 0.227 e. The van der Waals surface area contributed by atoms with Gasteiger partial charge in [-0.15, -0.1) is 12.3 Å². The molecule has 0 aromatic heterocycles. The molecular formula is C18H21N3O2. The fourth-order valence-electron chi connectivity index (χ4n) is 3.05. The maximum atomic E-state index is 12.7. The summed E-state index contributed by atoms with van der Waals surface area (Å²) in [5, 5.41) is 8.19. The first-order valence-electron chi connectivity index (χ1n) is 7.97. The van der Waals surface area contributed by atoms with Crippen LogP contribution in [0, 0.1) is 26.2 Å². The Hall–Kier alpha value is -2.35. The van der Waals surface area contributed by atoms with Gasteiger partial charge in [0.05, 0.1) is 12.2 Å². The lowest BCUT2D eigenvalue weighted by Gasteiger charge is -2.31. The fraction of sp³-hybridized carbons (Fsp3) is 0.500. The molecule has 0 atom stereocenters. The maximum absolute atomic E-state index is 12.7. The van der Waals surface area contributed by atoms with Gasteiger partial charge in [-0.2, -0.15) is 10.2 Å². The summed E-state index contributed by atoms with van der Waals surface area (Å²) in [6, 6.07) is 4.09. The number of terminal acetylenes is 1. The third-order valence-electron chi connectivity index (χ3n) is 4.34. The van der Waals surface area contributed by atoms with Crippen LogP contribution in [0.3, 0.4) is 0 Å². The van der Waals surface area contributed by atoms with Gasteiger partial charge in [-0.3, -0.25) is 4.79 Å². The van der Waals surface area contributed by atoms with Gasteiger partial charge in [-0.05, 0) is 31.0 Å². The minimum absolute atomic E-state index is 0.0944. The highest BCUT2D eigenvalue weighted by Crippen LogP contribution is 2.39. The highest BCUT2D eigenvalue weighted by molar-refractivity contribution is 5.95. The third kappa shape index (κ3) is 3.21. The summed E-state index contributed by atoms with van der Waals surface area (Å²) in [5.41, 5.74) is 2.66. The highest BCUT2D eigenvalue weighted by Gasteiger charge is 2.40. The Morgan fingerprint density at radius 2 is 2.17 bits per heavy atom. The SMILES string of the molecule is C#CCCC1(CCC(=O)N2CCOc3c(C)cc(C)cc32)N=N1. The van der Waals surface area contributed by atoms with Crippen LogP contribution in [0.25, 0.3) is 0 Å². The number of fused-ring (bicyclic) bond motifs is 1. The van der Waals surface area contributed by atoms with E-state index in [4.69, 9.17) is 11.2 Å². The van der Waals surface area contributed by atoms with Crippen molar-refractivity contribution in [3.05, 3.63) is 23.3 Å². The molecule has 0 fully saturated rings. The molecule has 0 saturated heterocycles. The molecule has 1 aromatic carbocycles. The topological polar surface area (TPSA) is 54.3 Å². The standard InChI is InChI=1S/C18H21N3O2/c1-4-5-7-18(19-20-18)8-6-16(22)21-9-10-23-17-14(3)11-13(2)12-15(17)21/h1,11-12H,5-10H2,2-3H3. The molecule has 0 saturated carbocycles. The zero-order valence-corrected chi connectivity index (χ0v) is 13.6. The van der Waals surface area contributed by atoms with Crippen molar-refractivity contribution in [2.24, 2.45) is 10.2 Å². The zero-order valence-electron chi connectivity index (χ0n) is 13.6. The summed E-state index contributed by atoms with van der Waals surface area (Å²) in [6.07, 6.45) is 7.72. The number of carbonyl (C=O) groups excluding carboxylic acids is 1. The second kappa shape index (κ2) is 6.04. The van der Waals surface area contributed by atoms with E-state index in [0.717, 1.165) is 29.0 Å². The lowest BCUT2D eigenvalue weighted by molar-refractivity contribution is -0.119. The summed E-state index contributed by atoms with van der Waals surface area (Å²) >= 11 is 0. The van der Waals surface area contributed by atoms with Gasteiger partial charge in [0.2, 0.25) is 5.91 Å². The molecule has 5 nitrogen and oxygen atoms in total. The lowest BCUT2D eigenvalue weighted by Crippen LogP contribution is -2.38. The van der Waals surface area contributed by atoms with Gasteiger partial charge >= 0.3 is 0 Å². The minimum Gasteiger partial charge on any atom is -0.489 e. The summed E-state index contributed by atoms with van der Waals surface area (Å²) in [5.74, 6) is 3.52. The van der Waals surface area contributed by atoms with Crippen molar-refractivity contribution in [1.82, 2.24) is 0 Å². The zero-order chi connectivity index (χ0) is 16.4. The van der Waals surface area contributed by atoms with Gasteiger partial charge in [-0.1, -0.05) is 6.07 Å². The van der Waals surface area contributed by atoms with Gasteiger partial charge in [0, 0.05) is 25.7 Å². The van der Waals surface area contributed by atoms with Gasteiger partial charge in [0.1, 0.15) is 12.4 Å². The number of nitrogens with zero attached hydrogens (tertiary/aromatic N) is 3. The Labute approximate surface area is 136 Å². The Balaban J connectivity index is 1.69. The van der Waals surface area contributed by atoms with E-state index in [-0.39, 0.29) is 5.91 Å².